The van der Waals surface area contributed by atoms with E-state index in [4.69, 9.17) is 4.74 Å². The average Bonchev–Trinajstić information content (AvgIpc) is 3.24. The molecule has 4 rings (SSSR count). The van der Waals surface area contributed by atoms with Crippen molar-refractivity contribution in [2.75, 3.05) is 10.5 Å². The predicted octanol–water partition coefficient (Wildman–Crippen LogP) is 4.49. The molecule has 2 aromatic heterocycles. The smallest absolute Gasteiger partial charge is 0.269 e. The first-order valence-electron chi connectivity index (χ1n) is 9.39. The van der Waals surface area contributed by atoms with Gasteiger partial charge in [-0.15, -0.1) is 11.3 Å². The second kappa shape index (κ2) is 8.32. The van der Waals surface area contributed by atoms with E-state index in [9.17, 15) is 22.0 Å². The van der Waals surface area contributed by atoms with Crippen molar-refractivity contribution in [1.29, 1.82) is 0 Å². The van der Waals surface area contributed by atoms with Crippen molar-refractivity contribution in [1.82, 2.24) is 9.55 Å². The third-order valence-corrected chi connectivity index (χ3v) is 6.82. The van der Waals surface area contributed by atoms with E-state index in [1.54, 1.807) is 13.2 Å². The lowest BCUT2D eigenvalue weighted by Crippen LogP contribution is -2.16. The van der Waals surface area contributed by atoms with Gasteiger partial charge in [-0.1, -0.05) is 0 Å². The molecule has 4 aromatic rings. The van der Waals surface area contributed by atoms with Crippen molar-refractivity contribution >= 4 is 37.3 Å². The molecule has 2 aromatic carbocycles. The van der Waals surface area contributed by atoms with E-state index in [0.29, 0.717) is 27.4 Å². The van der Waals surface area contributed by atoms with Gasteiger partial charge in [0.1, 0.15) is 16.3 Å². The van der Waals surface area contributed by atoms with Gasteiger partial charge < -0.3 is 9.30 Å². The molecule has 0 bridgehead atoms. The summed E-state index contributed by atoms with van der Waals surface area (Å²) in [5.41, 5.74) is 2.81. The van der Waals surface area contributed by atoms with Gasteiger partial charge in [0.2, 0.25) is 10.0 Å². The summed E-state index contributed by atoms with van der Waals surface area (Å²) in [6.07, 6.45) is 1.55. The monoisotopic (exact) mass is 477 g/mol. The number of sulfonamides is 1. The fourth-order valence-corrected chi connectivity index (χ4v) is 4.49. The Bertz CT molecular complexity index is 1500. The van der Waals surface area contributed by atoms with Crippen LogP contribution in [-0.2, 0) is 17.1 Å². The van der Waals surface area contributed by atoms with Gasteiger partial charge in [0.05, 0.1) is 16.8 Å². The first-order valence-corrected chi connectivity index (χ1v) is 11.9. The van der Waals surface area contributed by atoms with Gasteiger partial charge in [-0.2, -0.15) is 0 Å². The summed E-state index contributed by atoms with van der Waals surface area (Å²) in [6.45, 7) is 1.50. The van der Waals surface area contributed by atoms with Crippen LogP contribution in [0.15, 0.2) is 52.9 Å². The van der Waals surface area contributed by atoms with E-state index < -0.39 is 21.7 Å². The van der Waals surface area contributed by atoms with Crippen molar-refractivity contribution in [3.63, 3.8) is 0 Å². The summed E-state index contributed by atoms with van der Waals surface area (Å²) in [6, 6.07) is 7.36. The lowest BCUT2D eigenvalue weighted by molar-refractivity contribution is 0.439. The van der Waals surface area contributed by atoms with Crippen LogP contribution in [0.2, 0.25) is 0 Å². The average molecular weight is 478 g/mol. The Labute approximate surface area is 186 Å². The van der Waals surface area contributed by atoms with Crippen LogP contribution in [0.5, 0.6) is 11.5 Å². The number of halogens is 2. The number of nitrogens with zero attached hydrogens (tertiary/aromatic N) is 2. The normalized spacial score (nSPS) is 11.6. The molecule has 7 nitrogen and oxygen atoms in total. The number of nitrogens with one attached hydrogen (secondary N) is 1. The summed E-state index contributed by atoms with van der Waals surface area (Å²) in [5.74, 6) is -1.82. The molecule has 2 heterocycles. The molecule has 0 aliphatic heterocycles. The van der Waals surface area contributed by atoms with Crippen LogP contribution in [0.3, 0.4) is 0 Å². The quantitative estimate of drug-likeness (QED) is 0.442. The summed E-state index contributed by atoms with van der Waals surface area (Å²) in [7, 11) is -1.98. The zero-order chi connectivity index (χ0) is 23.0. The van der Waals surface area contributed by atoms with Crippen molar-refractivity contribution in [3.8, 4) is 22.6 Å². The molecule has 0 saturated heterocycles. The van der Waals surface area contributed by atoms with Gasteiger partial charge in [-0.3, -0.25) is 9.52 Å². The van der Waals surface area contributed by atoms with Crippen molar-refractivity contribution < 1.29 is 21.9 Å². The molecule has 0 spiro atoms. The Morgan fingerprint density at radius 3 is 2.59 bits per heavy atom. The van der Waals surface area contributed by atoms with Gasteiger partial charge in [-0.05, 0) is 37.3 Å². The molecular formula is C21H17F2N3O4S2. The van der Waals surface area contributed by atoms with Crippen LogP contribution in [-0.4, -0.2) is 23.7 Å². The third kappa shape index (κ3) is 4.21. The van der Waals surface area contributed by atoms with Gasteiger partial charge in [0.25, 0.3) is 5.56 Å². The summed E-state index contributed by atoms with van der Waals surface area (Å²) in [5, 5.41) is 0. The first kappa shape index (κ1) is 21.9. The number of rotatable bonds is 6. The number of anilines is 1. The van der Waals surface area contributed by atoms with E-state index in [2.05, 4.69) is 9.71 Å². The highest BCUT2D eigenvalue weighted by atomic mass is 32.2. The van der Waals surface area contributed by atoms with Crippen LogP contribution >= 0.6 is 11.3 Å². The highest BCUT2D eigenvalue weighted by molar-refractivity contribution is 7.92. The molecule has 0 atom stereocenters. The molecule has 32 heavy (non-hydrogen) atoms. The number of aryl methyl sites for hydroxylation is 1. The Morgan fingerprint density at radius 2 is 1.88 bits per heavy atom. The Morgan fingerprint density at radius 1 is 1.12 bits per heavy atom. The van der Waals surface area contributed by atoms with Gasteiger partial charge in [0, 0.05) is 36.1 Å². The Kier molecular flexibility index (Phi) is 5.70. The summed E-state index contributed by atoms with van der Waals surface area (Å²) >= 11 is 1.17. The second-order valence-electron chi connectivity index (χ2n) is 6.88. The van der Waals surface area contributed by atoms with Gasteiger partial charge >= 0.3 is 0 Å². The minimum Gasteiger partial charge on any atom is -0.454 e. The number of benzene rings is 2. The van der Waals surface area contributed by atoms with E-state index in [-0.39, 0.29) is 28.5 Å². The van der Waals surface area contributed by atoms with Crippen molar-refractivity contribution in [2.45, 2.75) is 6.92 Å². The molecule has 0 aliphatic rings. The molecule has 0 fully saturated rings. The number of thiazole rings is 1. The molecule has 11 heteroatoms. The number of aromatic nitrogens is 2. The molecule has 166 valence electrons. The second-order valence-corrected chi connectivity index (χ2v) is 9.75. The topological polar surface area (TPSA) is 90.3 Å². The molecule has 0 radical (unpaired) electrons. The highest BCUT2D eigenvalue weighted by Gasteiger charge is 2.19. The zero-order valence-corrected chi connectivity index (χ0v) is 18.6. The fraction of sp³-hybridized carbons (Fsp3) is 0.143. The zero-order valence-electron chi connectivity index (χ0n) is 16.9. The van der Waals surface area contributed by atoms with Gasteiger partial charge in [0.15, 0.2) is 11.6 Å². The fourth-order valence-electron chi connectivity index (χ4n) is 3.08. The summed E-state index contributed by atoms with van der Waals surface area (Å²) in [4.78, 5) is 16.7. The van der Waals surface area contributed by atoms with E-state index >= 15 is 0 Å². The third-order valence-electron chi connectivity index (χ3n) is 4.70. The van der Waals surface area contributed by atoms with Crippen molar-refractivity contribution in [3.05, 3.63) is 70.1 Å². The minimum absolute atomic E-state index is 0.127. The largest absolute Gasteiger partial charge is 0.454 e. The van der Waals surface area contributed by atoms with Crippen LogP contribution in [0.4, 0.5) is 14.5 Å². The molecule has 0 unspecified atom stereocenters. The van der Waals surface area contributed by atoms with Crippen LogP contribution in [0.1, 0.15) is 6.92 Å². The lowest BCUT2D eigenvalue weighted by Gasteiger charge is -2.15. The Hall–Kier alpha value is -3.31. The number of ether oxygens (including phenoxy) is 1. The molecule has 0 aliphatic carbocycles. The Balaban J connectivity index is 1.93. The first-order chi connectivity index (χ1) is 15.2. The lowest BCUT2D eigenvalue weighted by atomic mass is 10.0. The van der Waals surface area contributed by atoms with Gasteiger partial charge in [-0.25, -0.2) is 22.2 Å². The molecule has 0 amide bonds. The SMILES string of the molecule is CCS(=O)(=O)Nc1ccc(Oc2ccc(F)cc2F)c(-c2cn(C)c(=O)c3scnc23)c1. The van der Waals surface area contributed by atoms with Crippen LogP contribution in [0.25, 0.3) is 21.3 Å². The maximum Gasteiger partial charge on any atom is 0.269 e. The molecular weight excluding hydrogens is 460 g/mol. The minimum atomic E-state index is -3.56. The van der Waals surface area contributed by atoms with E-state index in [0.717, 1.165) is 12.1 Å². The number of fused-ring (bicyclic) bond motifs is 1. The van der Waals surface area contributed by atoms with E-state index in [1.807, 2.05) is 0 Å². The molecule has 0 saturated carbocycles. The maximum absolute atomic E-state index is 14.2. The van der Waals surface area contributed by atoms with E-state index in [1.165, 1.54) is 46.5 Å². The number of hydrogen-bond donors (Lipinski definition) is 1. The number of pyridine rings is 1. The standard InChI is InChI=1S/C21H17F2N3O4S2/c1-3-32(28,29)25-13-5-7-17(30-18-6-4-12(22)8-16(18)23)14(9-13)15-10-26(2)21(27)20-19(15)24-11-31-20/h4-11,25H,3H2,1-2H3. The van der Waals surface area contributed by atoms with Crippen LogP contribution in [0, 0.1) is 11.6 Å². The highest BCUT2D eigenvalue weighted by Crippen LogP contribution is 2.39. The predicted molar refractivity (Wildman–Crippen MR) is 120 cm³/mol. The van der Waals surface area contributed by atoms with Crippen LogP contribution < -0.4 is 15.0 Å². The summed E-state index contributed by atoms with van der Waals surface area (Å²) < 4.78 is 61.6. The maximum atomic E-state index is 14.2. The molecule has 1 N–H and O–H groups in total. The number of hydrogen-bond acceptors (Lipinski definition) is 6. The van der Waals surface area contributed by atoms with Crippen molar-refractivity contribution in [2.24, 2.45) is 7.05 Å².